The molecule has 4 saturated heterocycles. The highest BCUT2D eigenvalue weighted by Crippen LogP contribution is 2.46. The second-order valence-electron chi connectivity index (χ2n) is 27.5. The Morgan fingerprint density at radius 2 is 1.12 bits per heavy atom. The third kappa shape index (κ3) is 12.6. The quantitative estimate of drug-likeness (QED) is 0.103. The summed E-state index contributed by atoms with van der Waals surface area (Å²) in [5, 5.41) is 45.9. The molecule has 0 unspecified atom stereocenters. The van der Waals surface area contributed by atoms with Crippen molar-refractivity contribution < 1.29 is 27.8 Å². The van der Waals surface area contributed by atoms with Gasteiger partial charge < -0.3 is 34.4 Å². The van der Waals surface area contributed by atoms with Crippen LogP contribution in [0.15, 0.2) is 94.5 Å². The Kier molecular flexibility index (Phi) is 18.9. The van der Waals surface area contributed by atoms with Crippen molar-refractivity contribution in [3.63, 3.8) is 0 Å². The number of carbonyl (C=O) groups excluding carboxylic acids is 1. The molecule has 0 spiro atoms. The van der Waals surface area contributed by atoms with Crippen LogP contribution >= 0.6 is 23.2 Å². The average molecular weight is 1380 g/mol. The van der Waals surface area contributed by atoms with Crippen molar-refractivity contribution in [2.75, 3.05) is 40.3 Å². The fourth-order valence-electron chi connectivity index (χ4n) is 15.7. The Morgan fingerprint density at radius 3 is 1.56 bits per heavy atom. The van der Waals surface area contributed by atoms with E-state index < -0.39 is 41.1 Å². The molecule has 0 bridgehead atoms. The van der Waals surface area contributed by atoms with Crippen molar-refractivity contribution in [1.29, 1.82) is 21.0 Å². The van der Waals surface area contributed by atoms with E-state index in [2.05, 4.69) is 56.4 Å². The van der Waals surface area contributed by atoms with E-state index >= 15 is 8.78 Å². The molecule has 4 aliphatic heterocycles. The molecule has 8 atom stereocenters. The van der Waals surface area contributed by atoms with E-state index in [1.807, 2.05) is 51.2 Å². The van der Waals surface area contributed by atoms with Gasteiger partial charge in [-0.2, -0.15) is 21.0 Å². The van der Waals surface area contributed by atoms with Gasteiger partial charge in [-0.3, -0.25) is 18.9 Å². The minimum Gasteiger partial charge on any atom is -0.471 e. The van der Waals surface area contributed by atoms with E-state index in [1.165, 1.54) is 0 Å². The summed E-state index contributed by atoms with van der Waals surface area (Å²) in [5.41, 5.74) is 1.90. The highest BCUT2D eigenvalue weighted by molar-refractivity contribution is 6.36. The van der Waals surface area contributed by atoms with E-state index in [4.69, 9.17) is 47.4 Å². The normalized spacial score (nSPS) is 20.5. The lowest BCUT2D eigenvalue weighted by Gasteiger charge is -2.39. The van der Waals surface area contributed by atoms with Crippen LogP contribution in [0.3, 0.4) is 0 Å². The van der Waals surface area contributed by atoms with Gasteiger partial charge in [-0.25, -0.2) is 33.1 Å². The van der Waals surface area contributed by atoms with Gasteiger partial charge in [-0.05, 0) is 166 Å². The summed E-state index contributed by atoms with van der Waals surface area (Å²) in [4.78, 5) is 62.5. The molecule has 20 nitrogen and oxygen atoms in total. The molecule has 1 amide bonds. The molecule has 14 rings (SSSR count). The number of rotatable bonds is 12. The molecule has 0 aliphatic carbocycles. The Morgan fingerprint density at radius 1 is 0.657 bits per heavy atom. The third-order valence-corrected chi connectivity index (χ3v) is 20.8. The number of piperidine rings is 2. The van der Waals surface area contributed by atoms with Gasteiger partial charge in [0.2, 0.25) is 11.8 Å². The molecule has 6 aromatic carbocycles. The van der Waals surface area contributed by atoms with Gasteiger partial charge in [0.1, 0.15) is 39.9 Å². The van der Waals surface area contributed by atoms with Gasteiger partial charge in [0.25, 0.3) is 0 Å². The summed E-state index contributed by atoms with van der Waals surface area (Å²) < 4.78 is 56.4. The Hall–Kier alpha value is -9.65. The maximum absolute atomic E-state index is 17.3. The molecule has 4 fully saturated rings. The van der Waals surface area contributed by atoms with Crippen LogP contribution in [0.25, 0.3) is 87.7 Å². The Bertz CT molecular complexity index is 5180. The van der Waals surface area contributed by atoms with Crippen molar-refractivity contribution in [3.8, 4) is 58.3 Å². The van der Waals surface area contributed by atoms with Crippen LogP contribution in [0.4, 0.5) is 13.6 Å². The second kappa shape index (κ2) is 27.6. The van der Waals surface area contributed by atoms with Crippen LogP contribution in [-0.2, 0) is 4.74 Å². The number of likely N-dealkylation sites (N-methyl/N-ethyl adjacent to an activating group) is 2. The zero-order valence-corrected chi connectivity index (χ0v) is 57.5. The lowest BCUT2D eigenvalue weighted by atomic mass is 9.93. The van der Waals surface area contributed by atoms with Crippen LogP contribution in [0, 0.1) is 57.0 Å². The molecule has 3 N–H and O–H groups in total. The maximum atomic E-state index is 17.3. The summed E-state index contributed by atoms with van der Waals surface area (Å²) in [6, 6.07) is 32.5. The van der Waals surface area contributed by atoms with Gasteiger partial charge in [-0.1, -0.05) is 83.9 Å². The van der Waals surface area contributed by atoms with Gasteiger partial charge in [0, 0.05) is 75.5 Å². The van der Waals surface area contributed by atoms with Crippen LogP contribution in [0.5, 0.6) is 11.8 Å². The van der Waals surface area contributed by atoms with Crippen LogP contribution in [0.2, 0.25) is 10.0 Å². The fourth-order valence-corrected chi connectivity index (χ4v) is 16.3. The topological polar surface area (TPSA) is 263 Å². The number of pyridine rings is 2. The molecular weight excluding hydrogens is 1300 g/mol. The number of aromatic nitrogens is 6. The van der Waals surface area contributed by atoms with Gasteiger partial charge in [0.15, 0.2) is 11.6 Å². The van der Waals surface area contributed by atoms with E-state index in [-0.39, 0.29) is 105 Å². The highest BCUT2D eigenvalue weighted by Gasteiger charge is 2.39. The third-order valence-electron chi connectivity index (χ3n) is 20.2. The number of benzene rings is 6. The van der Waals surface area contributed by atoms with E-state index in [1.54, 1.807) is 89.4 Å². The number of halogens is 4. The first-order valence-electron chi connectivity index (χ1n) is 33.6. The van der Waals surface area contributed by atoms with E-state index in [9.17, 15) is 35.4 Å². The SMILES string of the molecule is C[C@H](Oc1nc2c(F)c(-c3cccc4cccc(C#N)c34)c(Cl)cc2c2c1[nH]c(=O)n2[C@H]1CCN(C(=O)OC(C)(C)C)[C@H](CC#N)C1)[C@@H]1CCCN1C.C[C@H](Oc1nc2c(F)c(-c3cccc4cccc(C#N)c34)c(Cl)cc2c2c1[nH]c(=O)n2[C@H]1CCN[C@H](CC#N)C1)[C@@H]1CCCN1C. The summed E-state index contributed by atoms with van der Waals surface area (Å²) >= 11 is 13.9. The lowest BCUT2D eigenvalue weighted by molar-refractivity contribution is 0.00605. The smallest absolute Gasteiger partial charge is 0.410 e. The number of nitrogens with one attached hydrogen (secondary N) is 3. The highest BCUT2D eigenvalue weighted by atomic mass is 35.5. The summed E-state index contributed by atoms with van der Waals surface area (Å²) in [6.45, 7) is 12.0. The summed E-state index contributed by atoms with van der Waals surface area (Å²) in [7, 11) is 4.09. The predicted molar refractivity (Wildman–Crippen MR) is 378 cm³/mol. The minimum absolute atomic E-state index is 0.0237. The molecule has 8 heterocycles. The Labute approximate surface area is 579 Å². The Balaban J connectivity index is 0.000000179. The minimum atomic E-state index is -0.726. The molecular formula is C75H74Cl2F2N14O6. The number of ether oxygens (including phenoxy) is 3. The van der Waals surface area contributed by atoms with Gasteiger partial charge in [0.05, 0.1) is 69.3 Å². The van der Waals surface area contributed by atoms with Crippen LogP contribution in [0.1, 0.15) is 122 Å². The van der Waals surface area contributed by atoms with Gasteiger partial charge >= 0.3 is 17.5 Å². The number of nitrogens with zero attached hydrogens (tertiary/aromatic N) is 11. The van der Waals surface area contributed by atoms with Crippen LogP contribution < -0.4 is 26.2 Å². The van der Waals surface area contributed by atoms with Crippen molar-refractivity contribution in [2.24, 2.45) is 0 Å². The molecule has 0 saturated carbocycles. The summed E-state index contributed by atoms with van der Waals surface area (Å²) in [5.74, 6) is -1.14. The van der Waals surface area contributed by atoms with Crippen molar-refractivity contribution >= 4 is 94.7 Å². The van der Waals surface area contributed by atoms with Crippen LogP contribution in [-0.4, -0.2) is 132 Å². The number of likely N-dealkylation sites (tertiary alicyclic amines) is 3. The van der Waals surface area contributed by atoms with E-state index in [0.29, 0.717) is 98.1 Å². The molecule has 0 radical (unpaired) electrons. The van der Waals surface area contributed by atoms with Crippen molar-refractivity contribution in [2.45, 2.75) is 153 Å². The lowest BCUT2D eigenvalue weighted by Crippen LogP contribution is -2.49. The first-order chi connectivity index (χ1) is 47.6. The number of hydrogen-bond donors (Lipinski definition) is 3. The number of fused-ring (bicyclic) bond motifs is 8. The largest absolute Gasteiger partial charge is 0.471 e. The fraction of sp³-hybridized carbons (Fsp3) is 0.400. The van der Waals surface area contributed by atoms with Crippen molar-refractivity contribution in [1.82, 2.24) is 49.1 Å². The van der Waals surface area contributed by atoms with Crippen molar-refractivity contribution in [3.05, 3.63) is 139 Å². The molecule has 24 heteroatoms. The number of hydrogen-bond acceptors (Lipinski definition) is 15. The average Bonchev–Trinajstić information content (AvgIpc) is 1.69. The monoisotopic (exact) mass is 1370 g/mol. The number of H-pyrrole nitrogens is 2. The standard InChI is InChI=1S/C40H41ClFN7O4.C35H33ClFN7O2/c1-22(30-13-8-17-47(30)5)52-37-35-36(49(38(50)46-35)26-15-18-48(25(19-26)14-16-43)39(51)53-40(2,3)4)28-20-29(41)32(33(42)34(28)45-37)27-12-7-10-23-9-6-11-24(21-44)31(23)27;1-19(27-10-5-15-43(27)2)46-34-32-33(44(35(45)42-32)23-12-14-40-22(16-23)11-13-38)25-17-26(36)29(30(37)31(25)41-34)24-9-4-7-20-6-3-8-21(18-39)28(20)24/h6-7,9-12,20,22,25-26,30H,8,13-15,17-19H2,1-5H3,(H,46,50);3-4,6-9,17,19,22-23,27,40H,5,10-12,14-16H2,1-2H3,(H,42,45)/t22-,25+,26-,30-;19-,22+,23-,27-/m00/s1. The maximum Gasteiger partial charge on any atom is 0.410 e. The van der Waals surface area contributed by atoms with E-state index in [0.717, 1.165) is 49.5 Å². The molecule has 4 aromatic heterocycles. The number of amides is 1. The predicted octanol–water partition coefficient (Wildman–Crippen LogP) is 14.5. The zero-order valence-electron chi connectivity index (χ0n) is 56.0. The van der Waals surface area contributed by atoms with Gasteiger partial charge in [-0.15, -0.1) is 0 Å². The number of carbonyl (C=O) groups is 1. The molecule has 10 aromatic rings. The first kappa shape index (κ1) is 67.9. The second-order valence-corrected chi connectivity index (χ2v) is 28.3. The zero-order chi connectivity index (χ0) is 69.9. The molecule has 99 heavy (non-hydrogen) atoms. The number of imidazole rings is 2. The first-order valence-corrected chi connectivity index (χ1v) is 34.3. The number of nitriles is 4. The molecule has 508 valence electrons. The number of aromatic amines is 2. The molecule has 4 aliphatic rings. The summed E-state index contributed by atoms with van der Waals surface area (Å²) in [6.07, 6.45) is 5.01.